The molecular formula is C32H25ClN2O4. The number of ether oxygens (including phenoxy) is 1. The van der Waals surface area contributed by atoms with Crippen LogP contribution in [0.4, 0.5) is 5.69 Å². The van der Waals surface area contributed by atoms with Crippen LogP contribution in [-0.2, 0) is 4.79 Å². The van der Waals surface area contributed by atoms with Crippen LogP contribution in [0.2, 0.25) is 5.02 Å². The molecule has 2 N–H and O–H groups in total. The van der Waals surface area contributed by atoms with Crippen LogP contribution in [0.25, 0.3) is 12.2 Å². The summed E-state index contributed by atoms with van der Waals surface area (Å²) in [4.78, 5) is 38.5. The molecule has 0 spiro atoms. The number of hydrogen-bond acceptors (Lipinski definition) is 4. The fourth-order valence-electron chi connectivity index (χ4n) is 3.57. The van der Waals surface area contributed by atoms with Crippen LogP contribution in [0.5, 0.6) is 5.75 Å². The minimum atomic E-state index is -0.521. The van der Waals surface area contributed by atoms with Gasteiger partial charge in [-0.3, -0.25) is 14.4 Å². The third-order valence-corrected chi connectivity index (χ3v) is 5.93. The molecule has 194 valence electrons. The lowest BCUT2D eigenvalue weighted by Crippen LogP contribution is -2.30. The molecule has 0 fully saturated rings. The molecule has 39 heavy (non-hydrogen) atoms. The molecule has 0 atom stereocenters. The van der Waals surface area contributed by atoms with E-state index in [0.29, 0.717) is 27.4 Å². The monoisotopic (exact) mass is 536 g/mol. The predicted molar refractivity (Wildman–Crippen MR) is 155 cm³/mol. The maximum atomic E-state index is 13.2. The van der Waals surface area contributed by atoms with Gasteiger partial charge in [-0.1, -0.05) is 60.1 Å². The Balaban J connectivity index is 1.47. The van der Waals surface area contributed by atoms with Crippen LogP contribution in [0.15, 0.2) is 115 Å². The Morgan fingerprint density at radius 1 is 0.744 bits per heavy atom. The number of nitrogens with one attached hydrogen (secondary N) is 2. The molecule has 0 radical (unpaired) electrons. The highest BCUT2D eigenvalue weighted by Crippen LogP contribution is 2.16. The maximum absolute atomic E-state index is 13.2. The van der Waals surface area contributed by atoms with Crippen molar-refractivity contribution in [2.75, 3.05) is 12.4 Å². The summed E-state index contributed by atoms with van der Waals surface area (Å²) in [6.45, 7) is 0. The Hall–Kier alpha value is -4.94. The number of allylic oxidation sites excluding steroid dienone is 1. The number of halogens is 1. The average molecular weight is 537 g/mol. The zero-order chi connectivity index (χ0) is 27.6. The number of carbonyl (C=O) groups excluding carboxylic acids is 3. The number of amides is 2. The van der Waals surface area contributed by atoms with E-state index in [4.69, 9.17) is 16.3 Å². The third kappa shape index (κ3) is 7.77. The van der Waals surface area contributed by atoms with Crippen molar-refractivity contribution in [3.63, 3.8) is 0 Å². The molecule has 4 aromatic carbocycles. The average Bonchev–Trinajstić information content (AvgIpc) is 2.97. The normalized spacial score (nSPS) is 11.2. The Morgan fingerprint density at radius 2 is 1.38 bits per heavy atom. The van der Waals surface area contributed by atoms with Crippen LogP contribution in [0.1, 0.15) is 31.8 Å². The van der Waals surface area contributed by atoms with Crippen molar-refractivity contribution in [3.8, 4) is 5.75 Å². The van der Waals surface area contributed by atoms with Gasteiger partial charge in [0.15, 0.2) is 5.78 Å². The number of benzene rings is 4. The SMILES string of the molecule is COc1ccc(/C=C/C(=O)c2ccc(NC(=O)/C(=C/c3ccc(Cl)cc3)NC(=O)c3ccccc3)cc2)cc1. The second-order valence-electron chi connectivity index (χ2n) is 8.43. The molecule has 0 saturated carbocycles. The zero-order valence-electron chi connectivity index (χ0n) is 21.1. The maximum Gasteiger partial charge on any atom is 0.272 e. The fourth-order valence-corrected chi connectivity index (χ4v) is 3.69. The number of carbonyl (C=O) groups is 3. The second kappa shape index (κ2) is 13.0. The zero-order valence-corrected chi connectivity index (χ0v) is 21.8. The van der Waals surface area contributed by atoms with Crippen LogP contribution in [0.3, 0.4) is 0 Å². The van der Waals surface area contributed by atoms with Gasteiger partial charge in [0.1, 0.15) is 11.4 Å². The predicted octanol–water partition coefficient (Wildman–Crippen LogP) is 6.65. The highest BCUT2D eigenvalue weighted by Gasteiger charge is 2.15. The summed E-state index contributed by atoms with van der Waals surface area (Å²) in [5.74, 6) is -0.382. The molecule has 6 nitrogen and oxygen atoms in total. The molecule has 0 aliphatic heterocycles. The minimum absolute atomic E-state index is 0.0498. The summed E-state index contributed by atoms with van der Waals surface area (Å²) < 4.78 is 5.14. The third-order valence-electron chi connectivity index (χ3n) is 5.68. The van der Waals surface area contributed by atoms with Crippen molar-refractivity contribution in [1.82, 2.24) is 5.32 Å². The highest BCUT2D eigenvalue weighted by molar-refractivity contribution is 6.30. The van der Waals surface area contributed by atoms with E-state index >= 15 is 0 Å². The summed E-state index contributed by atoms with van der Waals surface area (Å²) in [6.07, 6.45) is 4.77. The van der Waals surface area contributed by atoms with Crippen LogP contribution >= 0.6 is 11.6 Å². The quantitative estimate of drug-likeness (QED) is 0.185. The number of anilines is 1. The minimum Gasteiger partial charge on any atom is -0.497 e. The van der Waals surface area contributed by atoms with Gasteiger partial charge in [-0.2, -0.15) is 0 Å². The summed E-state index contributed by atoms with van der Waals surface area (Å²) in [5.41, 5.74) is 2.94. The molecule has 0 unspecified atom stereocenters. The first-order chi connectivity index (χ1) is 18.9. The van der Waals surface area contributed by atoms with Gasteiger partial charge in [0.05, 0.1) is 7.11 Å². The first-order valence-corrected chi connectivity index (χ1v) is 12.4. The Labute approximate surface area is 231 Å². The van der Waals surface area contributed by atoms with Gasteiger partial charge in [-0.15, -0.1) is 0 Å². The molecule has 4 aromatic rings. The molecule has 0 aromatic heterocycles. The van der Waals surface area contributed by atoms with Crippen LogP contribution in [-0.4, -0.2) is 24.7 Å². The molecule has 0 aliphatic rings. The van der Waals surface area contributed by atoms with E-state index in [9.17, 15) is 14.4 Å². The number of rotatable bonds is 9. The standard InChI is InChI=1S/C32H25ClN2O4/c1-39-28-18-9-22(10-19-28)11-20-30(36)24-12-16-27(17-13-24)34-32(38)29(21-23-7-14-26(33)15-8-23)35-31(37)25-5-3-2-4-6-25/h2-21H,1H3,(H,34,38)(H,35,37)/b20-11+,29-21-. The van der Waals surface area contributed by atoms with Crippen molar-refractivity contribution >= 4 is 47.0 Å². The van der Waals surface area contributed by atoms with Crippen molar-refractivity contribution in [2.45, 2.75) is 0 Å². The second-order valence-corrected chi connectivity index (χ2v) is 8.87. The number of methoxy groups -OCH3 is 1. The van der Waals surface area contributed by atoms with Crippen LogP contribution in [0, 0.1) is 0 Å². The van der Waals surface area contributed by atoms with Crippen molar-refractivity contribution in [1.29, 1.82) is 0 Å². The highest BCUT2D eigenvalue weighted by atomic mass is 35.5. The summed E-state index contributed by atoms with van der Waals surface area (Å²) >= 11 is 5.98. The molecule has 7 heteroatoms. The lowest BCUT2D eigenvalue weighted by Gasteiger charge is -2.12. The smallest absolute Gasteiger partial charge is 0.272 e. The molecule has 4 rings (SSSR count). The molecule has 0 heterocycles. The van der Waals surface area contributed by atoms with Gasteiger partial charge in [0.25, 0.3) is 11.8 Å². The molecular weight excluding hydrogens is 512 g/mol. The van der Waals surface area contributed by atoms with Crippen molar-refractivity contribution in [3.05, 3.63) is 142 Å². The van der Waals surface area contributed by atoms with Crippen molar-refractivity contribution in [2.24, 2.45) is 0 Å². The number of hydrogen-bond donors (Lipinski definition) is 2. The molecule has 2 amide bonds. The van der Waals surface area contributed by atoms with Crippen molar-refractivity contribution < 1.29 is 19.1 Å². The first-order valence-electron chi connectivity index (χ1n) is 12.0. The number of ketones is 1. The van der Waals surface area contributed by atoms with E-state index in [1.54, 1.807) is 98.1 Å². The largest absolute Gasteiger partial charge is 0.497 e. The van der Waals surface area contributed by atoms with Gasteiger partial charge < -0.3 is 15.4 Å². The Morgan fingerprint density at radius 3 is 2.03 bits per heavy atom. The lowest BCUT2D eigenvalue weighted by atomic mass is 10.1. The van der Waals surface area contributed by atoms with E-state index < -0.39 is 11.8 Å². The molecule has 0 bridgehead atoms. The van der Waals surface area contributed by atoms with E-state index in [1.807, 2.05) is 24.3 Å². The summed E-state index contributed by atoms with van der Waals surface area (Å²) in [5, 5.41) is 6.02. The summed E-state index contributed by atoms with van der Waals surface area (Å²) in [7, 11) is 1.60. The molecule has 0 saturated heterocycles. The van der Waals surface area contributed by atoms with E-state index in [1.165, 1.54) is 6.08 Å². The lowest BCUT2D eigenvalue weighted by molar-refractivity contribution is -0.113. The Kier molecular flexibility index (Phi) is 9.06. The van der Waals surface area contributed by atoms with Gasteiger partial charge in [-0.25, -0.2) is 0 Å². The fraction of sp³-hybridized carbons (Fsp3) is 0.0312. The van der Waals surface area contributed by atoms with Crippen LogP contribution < -0.4 is 15.4 Å². The topological polar surface area (TPSA) is 84.5 Å². The van der Waals surface area contributed by atoms with Gasteiger partial charge in [-0.05, 0) is 83.9 Å². The molecule has 0 aliphatic carbocycles. The van der Waals surface area contributed by atoms with E-state index in [-0.39, 0.29) is 11.5 Å². The van der Waals surface area contributed by atoms with E-state index in [2.05, 4.69) is 10.6 Å². The van der Waals surface area contributed by atoms with Gasteiger partial charge in [0, 0.05) is 21.8 Å². The van der Waals surface area contributed by atoms with Gasteiger partial charge >= 0.3 is 0 Å². The van der Waals surface area contributed by atoms with Gasteiger partial charge in [0.2, 0.25) is 0 Å². The first kappa shape index (κ1) is 27.1. The Bertz CT molecular complexity index is 1510. The van der Waals surface area contributed by atoms with E-state index in [0.717, 1.165) is 11.3 Å². The summed E-state index contributed by atoms with van der Waals surface area (Å²) in [6, 6.07) is 29.3.